The van der Waals surface area contributed by atoms with E-state index in [4.69, 9.17) is 0 Å². The molecule has 0 amide bonds. The number of anilines is 2. The van der Waals surface area contributed by atoms with Crippen molar-refractivity contribution >= 4 is 38.4 Å². The largest absolute Gasteiger partial charge is 0.354 e. The van der Waals surface area contributed by atoms with Gasteiger partial charge in [-0.1, -0.05) is 76.4 Å². The quantitative estimate of drug-likeness (QED) is 0.450. The number of hydrogen-bond acceptors (Lipinski definition) is 2. The van der Waals surface area contributed by atoms with Crippen LogP contribution >= 0.6 is 11.3 Å². The van der Waals surface area contributed by atoms with Gasteiger partial charge >= 0.3 is 0 Å². The summed E-state index contributed by atoms with van der Waals surface area (Å²) in [6.45, 7) is 7.04. The summed E-state index contributed by atoms with van der Waals surface area (Å²) >= 11 is 1.99. The normalized spacial score (nSPS) is 17.6. The van der Waals surface area contributed by atoms with Crippen LogP contribution < -0.4 is 5.32 Å². The van der Waals surface area contributed by atoms with Crippen molar-refractivity contribution in [1.29, 1.82) is 0 Å². The molecule has 3 aromatic rings. The number of hydrogen-bond donors (Lipinski definition) is 1. The number of aryl methyl sites for hydroxylation is 1. The van der Waals surface area contributed by atoms with E-state index >= 15 is 0 Å². The van der Waals surface area contributed by atoms with Crippen molar-refractivity contribution in [3.05, 3.63) is 64.5 Å². The number of fused-ring (bicyclic) bond motifs is 3. The topological polar surface area (TPSA) is 12.0 Å². The van der Waals surface area contributed by atoms with Gasteiger partial charge in [-0.25, -0.2) is 0 Å². The predicted molar refractivity (Wildman–Crippen MR) is 133 cm³/mol. The first-order chi connectivity index (χ1) is 14.5. The van der Waals surface area contributed by atoms with Gasteiger partial charge in [0.25, 0.3) is 0 Å². The summed E-state index contributed by atoms with van der Waals surface area (Å²) in [4.78, 5) is 1.51. The first-order valence-corrected chi connectivity index (χ1v) is 12.5. The van der Waals surface area contributed by atoms with Gasteiger partial charge in [0.15, 0.2) is 0 Å². The van der Waals surface area contributed by atoms with Crippen LogP contribution in [-0.2, 0) is 6.42 Å². The number of rotatable bonds is 3. The standard InChI is InChI=1S/C28H33NS/c1-28(2,3)23-16-9-14-21-22-15-10-18-25(27(22)30-26(21)23)29-24-17-8-7-13-20(24)19-11-5-4-6-12-19/h7-8,10,13,15-19,29H,4-6,9,11-12,14H2,1-3H3. The zero-order chi connectivity index (χ0) is 20.7. The van der Waals surface area contributed by atoms with Crippen LogP contribution in [-0.4, -0.2) is 0 Å². The summed E-state index contributed by atoms with van der Waals surface area (Å²) in [6, 6.07) is 15.8. The molecule has 0 aliphatic heterocycles. The molecular formula is C28H33NS. The maximum Gasteiger partial charge on any atom is 0.0587 e. The van der Waals surface area contributed by atoms with E-state index in [1.165, 1.54) is 69.6 Å². The molecule has 1 saturated carbocycles. The Morgan fingerprint density at radius 2 is 1.67 bits per heavy atom. The van der Waals surface area contributed by atoms with Crippen LogP contribution in [0.4, 0.5) is 11.4 Å². The Labute approximate surface area is 185 Å². The summed E-state index contributed by atoms with van der Waals surface area (Å²) in [5.74, 6) is 0.702. The summed E-state index contributed by atoms with van der Waals surface area (Å²) in [5.41, 5.74) is 7.35. The van der Waals surface area contributed by atoms with Crippen molar-refractivity contribution < 1.29 is 0 Å². The summed E-state index contributed by atoms with van der Waals surface area (Å²) in [6.07, 6.45) is 11.6. The number of para-hydroxylation sites is 1. The van der Waals surface area contributed by atoms with Gasteiger partial charge in [-0.15, -0.1) is 11.3 Å². The molecule has 0 unspecified atom stereocenters. The van der Waals surface area contributed by atoms with Gasteiger partial charge in [0.05, 0.1) is 10.4 Å². The average Bonchev–Trinajstić information content (AvgIpc) is 3.14. The van der Waals surface area contributed by atoms with Crippen molar-refractivity contribution in [2.24, 2.45) is 5.41 Å². The Morgan fingerprint density at radius 1 is 0.900 bits per heavy atom. The van der Waals surface area contributed by atoms with Gasteiger partial charge in [0, 0.05) is 10.6 Å². The van der Waals surface area contributed by atoms with E-state index in [-0.39, 0.29) is 5.41 Å². The van der Waals surface area contributed by atoms with E-state index in [0.29, 0.717) is 5.92 Å². The van der Waals surface area contributed by atoms with E-state index in [0.717, 1.165) is 12.8 Å². The average molecular weight is 416 g/mol. The summed E-state index contributed by atoms with van der Waals surface area (Å²) < 4.78 is 1.41. The van der Waals surface area contributed by atoms with Crippen molar-refractivity contribution in [3.8, 4) is 0 Å². The zero-order valence-corrected chi connectivity index (χ0v) is 19.4. The second-order valence-corrected chi connectivity index (χ2v) is 11.1. The molecular weight excluding hydrogens is 382 g/mol. The van der Waals surface area contributed by atoms with E-state index in [1.54, 1.807) is 5.56 Å². The van der Waals surface area contributed by atoms with Crippen LogP contribution in [0, 0.1) is 5.41 Å². The van der Waals surface area contributed by atoms with Crippen molar-refractivity contribution in [1.82, 2.24) is 0 Å². The molecule has 2 aromatic carbocycles. The molecule has 2 aliphatic carbocycles. The molecule has 0 spiro atoms. The number of benzene rings is 2. The third-order valence-corrected chi connectivity index (χ3v) is 8.20. The molecule has 1 aromatic heterocycles. The summed E-state index contributed by atoms with van der Waals surface area (Å²) in [7, 11) is 0. The van der Waals surface area contributed by atoms with Crippen LogP contribution in [0.3, 0.4) is 0 Å². The molecule has 1 N–H and O–H groups in total. The lowest BCUT2D eigenvalue weighted by atomic mass is 9.80. The van der Waals surface area contributed by atoms with Gasteiger partial charge in [-0.2, -0.15) is 0 Å². The molecule has 0 bridgehead atoms. The molecule has 0 radical (unpaired) electrons. The highest BCUT2D eigenvalue weighted by Crippen LogP contribution is 2.48. The van der Waals surface area contributed by atoms with Crippen molar-refractivity contribution in [3.63, 3.8) is 0 Å². The van der Waals surface area contributed by atoms with Gasteiger partial charge in [0.2, 0.25) is 0 Å². The Hall–Kier alpha value is -2.06. The van der Waals surface area contributed by atoms with Gasteiger partial charge in [-0.05, 0) is 71.2 Å². The molecule has 2 heteroatoms. The Balaban J connectivity index is 1.56. The zero-order valence-electron chi connectivity index (χ0n) is 18.6. The minimum absolute atomic E-state index is 0.192. The smallest absolute Gasteiger partial charge is 0.0587 e. The fourth-order valence-corrected chi connectivity index (χ4v) is 6.93. The minimum atomic E-state index is 0.192. The number of thiophene rings is 1. The molecule has 1 fully saturated rings. The molecule has 1 heterocycles. The molecule has 1 nitrogen and oxygen atoms in total. The fourth-order valence-electron chi connectivity index (χ4n) is 5.36. The van der Waals surface area contributed by atoms with Gasteiger partial charge < -0.3 is 5.32 Å². The fraction of sp³-hybridized carbons (Fsp3) is 0.429. The van der Waals surface area contributed by atoms with E-state index in [9.17, 15) is 0 Å². The lowest BCUT2D eigenvalue weighted by molar-refractivity contribution is 0.444. The van der Waals surface area contributed by atoms with Crippen LogP contribution in [0.25, 0.3) is 15.7 Å². The predicted octanol–water partition coefficient (Wildman–Crippen LogP) is 9.07. The lowest BCUT2D eigenvalue weighted by Gasteiger charge is -2.26. The Kier molecular flexibility index (Phi) is 5.23. The first kappa shape index (κ1) is 19.9. The summed E-state index contributed by atoms with van der Waals surface area (Å²) in [5, 5.41) is 5.32. The molecule has 5 rings (SSSR count). The van der Waals surface area contributed by atoms with Crippen molar-refractivity contribution in [2.45, 2.75) is 71.6 Å². The SMILES string of the molecule is CC(C)(C)C1=CCCc2c1sc1c(Nc3ccccc3C3CCCCC3)cccc21. The van der Waals surface area contributed by atoms with Crippen LogP contribution in [0.1, 0.15) is 81.2 Å². The molecule has 30 heavy (non-hydrogen) atoms. The third kappa shape index (κ3) is 3.60. The molecule has 0 saturated heterocycles. The Bertz CT molecular complexity index is 1090. The van der Waals surface area contributed by atoms with E-state index < -0.39 is 0 Å². The maximum atomic E-state index is 3.87. The maximum absolute atomic E-state index is 3.87. The van der Waals surface area contributed by atoms with Crippen LogP contribution in [0.2, 0.25) is 0 Å². The molecule has 156 valence electrons. The first-order valence-electron chi connectivity index (χ1n) is 11.6. The highest BCUT2D eigenvalue weighted by atomic mass is 32.1. The second-order valence-electron chi connectivity index (χ2n) is 10.0. The monoisotopic (exact) mass is 415 g/mol. The van der Waals surface area contributed by atoms with E-state index in [2.05, 4.69) is 74.6 Å². The Morgan fingerprint density at radius 3 is 2.47 bits per heavy atom. The second kappa shape index (κ2) is 7.89. The highest BCUT2D eigenvalue weighted by Gasteiger charge is 2.27. The van der Waals surface area contributed by atoms with E-state index in [1.807, 2.05) is 11.3 Å². The molecule has 2 aliphatic rings. The van der Waals surface area contributed by atoms with Crippen LogP contribution in [0.5, 0.6) is 0 Å². The third-order valence-electron chi connectivity index (χ3n) is 6.89. The van der Waals surface area contributed by atoms with Crippen LogP contribution in [0.15, 0.2) is 48.5 Å². The highest BCUT2D eigenvalue weighted by molar-refractivity contribution is 7.21. The van der Waals surface area contributed by atoms with Gasteiger partial charge in [-0.3, -0.25) is 0 Å². The lowest BCUT2D eigenvalue weighted by Crippen LogP contribution is -2.11. The number of nitrogens with one attached hydrogen (secondary N) is 1. The number of allylic oxidation sites excluding steroid dienone is 2. The molecule has 0 atom stereocenters. The minimum Gasteiger partial charge on any atom is -0.354 e. The van der Waals surface area contributed by atoms with Gasteiger partial charge in [0.1, 0.15) is 0 Å². The van der Waals surface area contributed by atoms with Crippen molar-refractivity contribution in [2.75, 3.05) is 5.32 Å².